The Balaban J connectivity index is 2.40. The van der Waals surface area contributed by atoms with E-state index in [1.54, 1.807) is 20.0 Å². The number of sulfonamides is 1. The number of nitrogens with one attached hydrogen (secondary N) is 1. The molecule has 0 saturated carbocycles. The van der Waals surface area contributed by atoms with Gasteiger partial charge >= 0.3 is 0 Å². The van der Waals surface area contributed by atoms with Gasteiger partial charge in [-0.3, -0.25) is 0 Å². The molecule has 0 amide bonds. The maximum Gasteiger partial charge on any atom is 0.277 e. The first-order chi connectivity index (χ1) is 8.79. The summed E-state index contributed by atoms with van der Waals surface area (Å²) in [4.78, 5) is 1.23. The molecule has 2 aromatic rings. The molecular formula is C10H14N6O2S. The maximum atomic E-state index is 12.1. The first-order valence-electron chi connectivity index (χ1n) is 5.43. The van der Waals surface area contributed by atoms with Crippen molar-refractivity contribution < 1.29 is 8.42 Å². The molecule has 0 atom stereocenters. The zero-order valence-corrected chi connectivity index (χ0v) is 11.6. The van der Waals surface area contributed by atoms with E-state index in [9.17, 15) is 8.42 Å². The fourth-order valence-corrected chi connectivity index (χ4v) is 2.57. The van der Waals surface area contributed by atoms with Crippen molar-refractivity contribution in [2.24, 2.45) is 7.05 Å². The predicted octanol–water partition coefficient (Wildman–Crippen LogP) is 0.210. The van der Waals surface area contributed by atoms with Crippen molar-refractivity contribution >= 4 is 21.7 Å². The van der Waals surface area contributed by atoms with Crippen LogP contribution in [0.25, 0.3) is 0 Å². The topological polar surface area (TPSA) is 116 Å². The Labute approximate surface area is 110 Å². The molecule has 0 fully saturated rings. The van der Waals surface area contributed by atoms with Crippen LogP contribution in [-0.4, -0.2) is 28.6 Å². The van der Waals surface area contributed by atoms with Crippen LogP contribution in [0.2, 0.25) is 0 Å². The molecule has 0 bridgehead atoms. The summed E-state index contributed by atoms with van der Waals surface area (Å²) in [7, 11) is -2.23. The van der Waals surface area contributed by atoms with Crippen molar-refractivity contribution in [1.29, 1.82) is 0 Å². The van der Waals surface area contributed by atoms with Crippen LogP contribution in [0.3, 0.4) is 0 Å². The number of anilines is 2. The highest BCUT2D eigenvalue weighted by molar-refractivity contribution is 7.92. The molecule has 0 unspecified atom stereocenters. The lowest BCUT2D eigenvalue weighted by atomic mass is 10.1. The third-order valence-electron chi connectivity index (χ3n) is 2.73. The molecular weight excluding hydrogens is 268 g/mol. The van der Waals surface area contributed by atoms with Crippen LogP contribution >= 0.6 is 0 Å². The number of rotatable bonds is 3. The highest BCUT2D eigenvalue weighted by Crippen LogP contribution is 2.22. The molecule has 0 spiro atoms. The molecule has 102 valence electrons. The van der Waals surface area contributed by atoms with E-state index in [2.05, 4.69) is 20.1 Å². The van der Waals surface area contributed by atoms with E-state index in [0.29, 0.717) is 5.69 Å². The number of hydrogen-bond acceptors (Lipinski definition) is 6. The maximum absolute atomic E-state index is 12.1. The van der Waals surface area contributed by atoms with Crippen molar-refractivity contribution in [3.8, 4) is 0 Å². The number of nitrogens with zero attached hydrogens (tertiary/aromatic N) is 4. The van der Waals surface area contributed by atoms with Crippen LogP contribution in [0.15, 0.2) is 17.0 Å². The molecule has 0 saturated heterocycles. The van der Waals surface area contributed by atoms with Crippen LogP contribution in [0, 0.1) is 13.8 Å². The SMILES string of the molecule is Cc1cc(S(=O)(=O)Nc2nnn(C)n2)cc(N)c1C. The lowest BCUT2D eigenvalue weighted by Crippen LogP contribution is -2.15. The van der Waals surface area contributed by atoms with Crippen molar-refractivity contribution in [3.63, 3.8) is 0 Å². The normalized spacial score (nSPS) is 11.5. The van der Waals surface area contributed by atoms with Gasteiger partial charge in [0, 0.05) is 5.69 Å². The van der Waals surface area contributed by atoms with Crippen LogP contribution in [0.1, 0.15) is 11.1 Å². The summed E-state index contributed by atoms with van der Waals surface area (Å²) < 4.78 is 26.5. The van der Waals surface area contributed by atoms with E-state index in [1.165, 1.54) is 6.07 Å². The van der Waals surface area contributed by atoms with Gasteiger partial charge in [0.05, 0.1) is 11.9 Å². The second-order valence-electron chi connectivity index (χ2n) is 4.16. The number of nitrogen functional groups attached to an aromatic ring is 1. The number of aromatic nitrogens is 4. The van der Waals surface area contributed by atoms with Gasteiger partial charge in [-0.1, -0.05) is 5.10 Å². The first kappa shape index (κ1) is 13.3. The summed E-state index contributed by atoms with van der Waals surface area (Å²) >= 11 is 0. The summed E-state index contributed by atoms with van der Waals surface area (Å²) in [6, 6.07) is 2.95. The number of tetrazole rings is 1. The third-order valence-corrected chi connectivity index (χ3v) is 4.03. The summed E-state index contributed by atoms with van der Waals surface area (Å²) in [6.07, 6.45) is 0. The summed E-state index contributed by atoms with van der Waals surface area (Å²) in [5, 5.41) is 10.9. The number of hydrogen-bond donors (Lipinski definition) is 2. The van der Waals surface area contributed by atoms with E-state index in [-0.39, 0.29) is 10.8 Å². The Morgan fingerprint density at radius 2 is 2.00 bits per heavy atom. The van der Waals surface area contributed by atoms with Gasteiger partial charge in [-0.2, -0.15) is 4.80 Å². The Hall–Kier alpha value is -2.16. The number of nitrogens with two attached hydrogens (primary N) is 1. The Morgan fingerprint density at radius 3 is 2.53 bits per heavy atom. The highest BCUT2D eigenvalue weighted by Gasteiger charge is 2.18. The standard InChI is InChI=1S/C10H14N6O2S/c1-6-4-8(5-9(11)7(6)2)19(17,18)14-10-12-15-16(3)13-10/h4-5H,11H2,1-3H3,(H,13,14). The Kier molecular flexibility index (Phi) is 3.14. The molecule has 9 heteroatoms. The smallest absolute Gasteiger partial charge is 0.277 e. The van der Waals surface area contributed by atoms with Gasteiger partial charge in [0.1, 0.15) is 0 Å². The molecule has 3 N–H and O–H groups in total. The van der Waals surface area contributed by atoms with Crippen molar-refractivity contribution in [1.82, 2.24) is 20.2 Å². The Bertz CT molecular complexity index is 698. The number of aryl methyl sites for hydroxylation is 2. The Morgan fingerprint density at radius 1 is 1.32 bits per heavy atom. The van der Waals surface area contributed by atoms with Gasteiger partial charge in [0.15, 0.2) is 0 Å². The summed E-state index contributed by atoms with van der Waals surface area (Å²) in [6.45, 7) is 3.63. The molecule has 19 heavy (non-hydrogen) atoms. The highest BCUT2D eigenvalue weighted by atomic mass is 32.2. The lowest BCUT2D eigenvalue weighted by molar-refractivity contribution is 0.600. The minimum Gasteiger partial charge on any atom is -0.398 e. The average molecular weight is 282 g/mol. The second kappa shape index (κ2) is 4.50. The second-order valence-corrected chi connectivity index (χ2v) is 5.84. The minimum absolute atomic E-state index is 0.0700. The van der Waals surface area contributed by atoms with Crippen LogP contribution < -0.4 is 10.5 Å². The molecule has 0 aliphatic heterocycles. The summed E-state index contributed by atoms with van der Waals surface area (Å²) in [5.41, 5.74) is 7.86. The summed E-state index contributed by atoms with van der Waals surface area (Å²) in [5.74, 6) is -0.0840. The molecule has 0 aliphatic carbocycles. The zero-order chi connectivity index (χ0) is 14.2. The first-order valence-corrected chi connectivity index (χ1v) is 6.91. The fourth-order valence-electron chi connectivity index (χ4n) is 1.51. The predicted molar refractivity (Wildman–Crippen MR) is 69.9 cm³/mol. The van der Waals surface area contributed by atoms with Crippen molar-refractivity contribution in [3.05, 3.63) is 23.3 Å². The molecule has 2 rings (SSSR count). The van der Waals surface area contributed by atoms with E-state index < -0.39 is 10.0 Å². The van der Waals surface area contributed by atoms with Gasteiger partial charge < -0.3 is 5.73 Å². The molecule has 0 aliphatic rings. The van der Waals surface area contributed by atoms with Gasteiger partial charge in [0.2, 0.25) is 0 Å². The van der Waals surface area contributed by atoms with Crippen LogP contribution in [0.5, 0.6) is 0 Å². The lowest BCUT2D eigenvalue weighted by Gasteiger charge is -2.09. The monoisotopic (exact) mass is 282 g/mol. The fraction of sp³-hybridized carbons (Fsp3) is 0.300. The van der Waals surface area contributed by atoms with Crippen LogP contribution in [0.4, 0.5) is 11.6 Å². The largest absolute Gasteiger partial charge is 0.398 e. The minimum atomic E-state index is -3.77. The molecule has 8 nitrogen and oxygen atoms in total. The van der Waals surface area contributed by atoms with Gasteiger partial charge in [-0.05, 0) is 42.3 Å². The average Bonchev–Trinajstić information content (AvgIpc) is 2.70. The van der Waals surface area contributed by atoms with E-state index in [4.69, 9.17) is 5.73 Å². The number of benzene rings is 1. The molecule has 1 aromatic carbocycles. The quantitative estimate of drug-likeness (QED) is 0.777. The van der Waals surface area contributed by atoms with E-state index in [1.807, 2.05) is 6.92 Å². The van der Waals surface area contributed by atoms with Crippen LogP contribution in [-0.2, 0) is 17.1 Å². The molecule has 1 aromatic heterocycles. The third kappa shape index (κ3) is 2.65. The van der Waals surface area contributed by atoms with Gasteiger partial charge in [0.25, 0.3) is 16.0 Å². The van der Waals surface area contributed by atoms with Crippen molar-refractivity contribution in [2.75, 3.05) is 10.5 Å². The van der Waals surface area contributed by atoms with E-state index >= 15 is 0 Å². The van der Waals surface area contributed by atoms with E-state index in [0.717, 1.165) is 15.9 Å². The molecule has 0 radical (unpaired) electrons. The zero-order valence-electron chi connectivity index (χ0n) is 10.7. The van der Waals surface area contributed by atoms with Crippen molar-refractivity contribution in [2.45, 2.75) is 18.7 Å². The van der Waals surface area contributed by atoms with Gasteiger partial charge in [-0.25, -0.2) is 13.1 Å². The van der Waals surface area contributed by atoms with Gasteiger partial charge in [-0.15, -0.1) is 5.10 Å². The molecule has 1 heterocycles.